The molecule has 33 heavy (non-hydrogen) atoms. The van der Waals surface area contributed by atoms with Gasteiger partial charge in [0, 0.05) is 6.20 Å². The Labute approximate surface area is 197 Å². The van der Waals surface area contributed by atoms with Gasteiger partial charge < -0.3 is 9.30 Å². The summed E-state index contributed by atoms with van der Waals surface area (Å²) in [5, 5.41) is 2.80. The topological polar surface area (TPSA) is 123 Å². The van der Waals surface area contributed by atoms with Crippen molar-refractivity contribution in [3.63, 3.8) is 0 Å². The van der Waals surface area contributed by atoms with E-state index in [1.54, 1.807) is 42.7 Å². The maximum Gasteiger partial charge on any atom is 0.411 e. The summed E-state index contributed by atoms with van der Waals surface area (Å²) in [6.45, 7) is 5.63. The van der Waals surface area contributed by atoms with Gasteiger partial charge in [-0.3, -0.25) is 15.1 Å². The van der Waals surface area contributed by atoms with Crippen LogP contribution in [0.15, 0.2) is 42.7 Å². The molecule has 0 radical (unpaired) electrons. The zero-order valence-electron chi connectivity index (χ0n) is 18.1. The SMILES string of the molecule is CCOC(=O)Nc1cnc(Cn2cc(C(=O)N(c3ccc(C)cc3)[SH](=O)=O)nc2C)c(Cl)c1. The zero-order valence-corrected chi connectivity index (χ0v) is 19.8. The normalized spacial score (nSPS) is 10.8. The second kappa shape index (κ2) is 10.5. The van der Waals surface area contributed by atoms with Crippen molar-refractivity contribution in [1.82, 2.24) is 14.5 Å². The van der Waals surface area contributed by atoms with Crippen LogP contribution in [0.3, 0.4) is 0 Å². The molecule has 0 bridgehead atoms. The van der Waals surface area contributed by atoms with E-state index >= 15 is 0 Å². The van der Waals surface area contributed by atoms with E-state index in [1.165, 1.54) is 18.5 Å². The first-order valence-corrected chi connectivity index (χ1v) is 11.4. The van der Waals surface area contributed by atoms with Gasteiger partial charge >= 0.3 is 6.09 Å². The Morgan fingerprint density at radius 3 is 2.52 bits per heavy atom. The second-order valence-corrected chi connectivity index (χ2v) is 8.27. The second-order valence-electron chi connectivity index (χ2n) is 6.99. The number of anilines is 2. The number of carbonyl (C=O) groups is 2. The minimum absolute atomic E-state index is 0.0380. The monoisotopic (exact) mass is 491 g/mol. The maximum absolute atomic E-state index is 12.9. The Hall–Kier alpha value is -3.44. The highest BCUT2D eigenvalue weighted by atomic mass is 35.5. The fourth-order valence-corrected chi connectivity index (χ4v) is 3.75. The number of nitrogens with one attached hydrogen (secondary N) is 1. The highest BCUT2D eigenvalue weighted by Crippen LogP contribution is 2.22. The van der Waals surface area contributed by atoms with E-state index < -0.39 is 22.9 Å². The molecule has 0 aliphatic heterocycles. The van der Waals surface area contributed by atoms with E-state index in [0.29, 0.717) is 21.5 Å². The third kappa shape index (κ3) is 5.88. The van der Waals surface area contributed by atoms with Crippen molar-refractivity contribution >= 4 is 45.9 Å². The molecule has 10 nitrogen and oxygen atoms in total. The quantitative estimate of drug-likeness (QED) is 0.486. The molecule has 0 spiro atoms. The molecule has 2 aromatic heterocycles. The first kappa shape index (κ1) is 24.2. The van der Waals surface area contributed by atoms with Crippen LogP contribution in [0.25, 0.3) is 0 Å². The molecule has 3 rings (SSSR count). The van der Waals surface area contributed by atoms with Gasteiger partial charge in [-0.2, -0.15) is 0 Å². The number of hydrogen-bond acceptors (Lipinski definition) is 7. The lowest BCUT2D eigenvalue weighted by atomic mass is 10.2. The number of aryl methyl sites for hydroxylation is 2. The van der Waals surface area contributed by atoms with E-state index in [4.69, 9.17) is 16.3 Å². The molecule has 12 heteroatoms. The predicted molar refractivity (Wildman–Crippen MR) is 124 cm³/mol. The summed E-state index contributed by atoms with van der Waals surface area (Å²) < 4.78 is 30.8. The van der Waals surface area contributed by atoms with Gasteiger partial charge in [0.15, 0.2) is 0 Å². The van der Waals surface area contributed by atoms with Crippen LogP contribution in [0.1, 0.15) is 34.5 Å². The largest absolute Gasteiger partial charge is 0.450 e. The lowest BCUT2D eigenvalue weighted by Crippen LogP contribution is -2.29. The molecule has 2 heterocycles. The summed E-state index contributed by atoms with van der Waals surface area (Å²) in [7, 11) is -3.22. The maximum atomic E-state index is 12.9. The van der Waals surface area contributed by atoms with Crippen LogP contribution in [-0.4, -0.2) is 41.6 Å². The van der Waals surface area contributed by atoms with Crippen LogP contribution < -0.4 is 9.62 Å². The Bertz CT molecular complexity index is 1250. The lowest BCUT2D eigenvalue weighted by Gasteiger charge is -2.14. The summed E-state index contributed by atoms with van der Waals surface area (Å²) in [5.41, 5.74) is 1.96. The van der Waals surface area contributed by atoms with Gasteiger partial charge in [-0.05, 0) is 39.0 Å². The van der Waals surface area contributed by atoms with Crippen molar-refractivity contribution in [2.45, 2.75) is 27.3 Å². The number of thiol groups is 1. The van der Waals surface area contributed by atoms with E-state index in [9.17, 15) is 18.0 Å². The van der Waals surface area contributed by atoms with E-state index in [2.05, 4.69) is 15.3 Å². The minimum Gasteiger partial charge on any atom is -0.450 e. The Balaban J connectivity index is 1.82. The summed E-state index contributed by atoms with van der Waals surface area (Å²) in [6.07, 6.45) is 2.25. The average molecular weight is 492 g/mol. The smallest absolute Gasteiger partial charge is 0.411 e. The molecule has 0 fully saturated rings. The molecule has 0 aliphatic rings. The van der Waals surface area contributed by atoms with Gasteiger partial charge in [-0.1, -0.05) is 29.3 Å². The third-order valence-electron chi connectivity index (χ3n) is 4.59. The third-order valence-corrected chi connectivity index (χ3v) is 5.66. The number of rotatable bonds is 7. The van der Waals surface area contributed by atoms with Crippen molar-refractivity contribution in [2.75, 3.05) is 16.2 Å². The molecule has 0 aliphatic carbocycles. The number of hydrogen-bond donors (Lipinski definition) is 2. The molecule has 1 aromatic carbocycles. The first-order chi connectivity index (χ1) is 15.7. The van der Waals surface area contributed by atoms with Crippen molar-refractivity contribution in [3.05, 3.63) is 70.5 Å². The van der Waals surface area contributed by atoms with Gasteiger partial charge in [0.1, 0.15) is 11.5 Å². The highest BCUT2D eigenvalue weighted by molar-refractivity contribution is 7.75. The molecule has 174 valence electrons. The van der Waals surface area contributed by atoms with Gasteiger partial charge in [-0.15, -0.1) is 0 Å². The lowest BCUT2D eigenvalue weighted by molar-refractivity contribution is 0.100. The number of imidazole rings is 1. The Morgan fingerprint density at radius 2 is 1.91 bits per heavy atom. The average Bonchev–Trinajstić information content (AvgIpc) is 3.12. The number of ether oxygens (including phenoxy) is 1. The highest BCUT2D eigenvalue weighted by Gasteiger charge is 2.23. The number of carbonyl (C=O) groups excluding carboxylic acids is 2. The predicted octanol–water partition coefficient (Wildman–Crippen LogP) is 3.34. The molecule has 0 saturated heterocycles. The molecule has 0 atom stereocenters. The zero-order chi connectivity index (χ0) is 24.1. The van der Waals surface area contributed by atoms with Gasteiger partial charge in [0.2, 0.25) is 10.9 Å². The van der Waals surface area contributed by atoms with Crippen LogP contribution in [0.5, 0.6) is 0 Å². The first-order valence-electron chi connectivity index (χ1n) is 9.87. The van der Waals surface area contributed by atoms with Crippen molar-refractivity contribution in [3.8, 4) is 0 Å². The van der Waals surface area contributed by atoms with Gasteiger partial charge in [0.05, 0.1) is 41.4 Å². The molecule has 0 saturated carbocycles. The van der Waals surface area contributed by atoms with Gasteiger partial charge in [-0.25, -0.2) is 22.5 Å². The standard InChI is InChI=1S/C21H22ClN5O5S/c1-4-32-21(29)25-15-9-17(22)18(23-10-15)11-26-12-19(24-14(26)3)20(28)27(33(30)31)16-7-5-13(2)6-8-16/h5-10,12,33H,4,11H2,1-3H3,(H,25,29). The molecule has 2 amide bonds. The summed E-state index contributed by atoms with van der Waals surface area (Å²) in [5.74, 6) is -0.306. The van der Waals surface area contributed by atoms with Crippen LogP contribution in [0, 0.1) is 13.8 Å². The van der Waals surface area contributed by atoms with Crippen LogP contribution >= 0.6 is 11.6 Å². The number of aromatic nitrogens is 3. The van der Waals surface area contributed by atoms with Crippen molar-refractivity contribution in [1.29, 1.82) is 0 Å². The number of pyridine rings is 1. The van der Waals surface area contributed by atoms with E-state index in [-0.39, 0.29) is 29.6 Å². The number of benzene rings is 1. The number of nitrogens with zero attached hydrogens (tertiary/aromatic N) is 4. The Morgan fingerprint density at radius 1 is 1.21 bits per heavy atom. The number of amides is 2. The summed E-state index contributed by atoms with van der Waals surface area (Å²) in [6, 6.07) is 8.06. The molecular formula is C21H22ClN5O5S. The summed E-state index contributed by atoms with van der Waals surface area (Å²) >= 11 is 6.30. The van der Waals surface area contributed by atoms with Crippen LogP contribution in [-0.2, 0) is 22.2 Å². The fourth-order valence-electron chi connectivity index (χ4n) is 2.95. The van der Waals surface area contributed by atoms with Crippen molar-refractivity contribution < 1.29 is 22.7 Å². The fraction of sp³-hybridized carbons (Fsp3) is 0.238. The molecule has 3 aromatic rings. The van der Waals surface area contributed by atoms with E-state index in [0.717, 1.165) is 5.56 Å². The van der Waals surface area contributed by atoms with Crippen LogP contribution in [0.2, 0.25) is 5.02 Å². The van der Waals surface area contributed by atoms with Crippen molar-refractivity contribution in [2.24, 2.45) is 0 Å². The van der Waals surface area contributed by atoms with Crippen LogP contribution in [0.4, 0.5) is 16.2 Å². The minimum atomic E-state index is -3.22. The van der Waals surface area contributed by atoms with E-state index in [1.807, 2.05) is 6.92 Å². The molecule has 0 unspecified atom stereocenters. The molecule has 1 N–H and O–H groups in total. The number of halogens is 1. The Kier molecular flexibility index (Phi) is 7.67. The van der Waals surface area contributed by atoms with Gasteiger partial charge in [0.25, 0.3) is 5.91 Å². The molecular weight excluding hydrogens is 470 g/mol. The summed E-state index contributed by atoms with van der Waals surface area (Å²) in [4.78, 5) is 32.9.